The molecule has 1 fully saturated rings. The van der Waals surface area contributed by atoms with E-state index in [0.29, 0.717) is 6.61 Å². The van der Waals surface area contributed by atoms with Crippen molar-refractivity contribution in [3.63, 3.8) is 0 Å². The van der Waals surface area contributed by atoms with Crippen LogP contribution in [0.1, 0.15) is 26.7 Å². The topological polar surface area (TPSA) is 33.7 Å². The SMILES string of the molecule is CCC1(CC)COc2cccc(N3CCNCC3)c2O1. The molecule has 0 amide bonds. The van der Waals surface area contributed by atoms with Crippen LogP contribution in [-0.2, 0) is 0 Å². The van der Waals surface area contributed by atoms with E-state index >= 15 is 0 Å². The number of benzene rings is 1. The van der Waals surface area contributed by atoms with Crippen LogP contribution in [-0.4, -0.2) is 38.4 Å². The average molecular weight is 276 g/mol. The van der Waals surface area contributed by atoms with Gasteiger partial charge in [0.25, 0.3) is 0 Å². The smallest absolute Gasteiger partial charge is 0.185 e. The van der Waals surface area contributed by atoms with Crippen LogP contribution < -0.4 is 19.7 Å². The highest BCUT2D eigenvalue weighted by Gasteiger charge is 2.36. The predicted molar refractivity (Wildman–Crippen MR) is 81.0 cm³/mol. The van der Waals surface area contributed by atoms with Crippen molar-refractivity contribution in [2.24, 2.45) is 0 Å². The Morgan fingerprint density at radius 1 is 1.20 bits per heavy atom. The lowest BCUT2D eigenvalue weighted by atomic mass is 9.97. The predicted octanol–water partition coefficient (Wildman–Crippen LogP) is 2.43. The zero-order valence-electron chi connectivity index (χ0n) is 12.4. The summed E-state index contributed by atoms with van der Waals surface area (Å²) in [5, 5.41) is 3.39. The van der Waals surface area contributed by atoms with Crippen molar-refractivity contribution in [2.45, 2.75) is 32.3 Å². The number of para-hydroxylation sites is 1. The first-order chi connectivity index (χ1) is 9.78. The van der Waals surface area contributed by atoms with E-state index in [1.807, 2.05) is 6.07 Å². The highest BCUT2D eigenvalue weighted by molar-refractivity contribution is 5.65. The molecule has 0 radical (unpaired) electrons. The standard InChI is InChI=1S/C16H24N2O2/c1-3-16(4-2)12-19-14-7-5-6-13(15(14)20-16)18-10-8-17-9-11-18/h5-7,17H,3-4,8-12H2,1-2H3. The fourth-order valence-corrected chi connectivity index (χ4v) is 2.93. The Bertz CT molecular complexity index is 466. The van der Waals surface area contributed by atoms with Crippen molar-refractivity contribution in [1.82, 2.24) is 5.32 Å². The zero-order valence-corrected chi connectivity index (χ0v) is 12.4. The molecule has 2 aliphatic heterocycles. The number of rotatable bonds is 3. The quantitative estimate of drug-likeness (QED) is 0.919. The molecule has 4 nitrogen and oxygen atoms in total. The summed E-state index contributed by atoms with van der Waals surface area (Å²) in [5.41, 5.74) is 1.01. The molecule has 0 atom stereocenters. The summed E-state index contributed by atoms with van der Waals surface area (Å²) in [6.45, 7) is 9.08. The molecule has 0 aromatic heterocycles. The summed E-state index contributed by atoms with van der Waals surface area (Å²) in [7, 11) is 0. The number of piperazine rings is 1. The summed E-state index contributed by atoms with van der Waals surface area (Å²) in [4.78, 5) is 2.39. The lowest BCUT2D eigenvalue weighted by Gasteiger charge is -2.40. The Kier molecular flexibility index (Phi) is 3.74. The van der Waals surface area contributed by atoms with Gasteiger partial charge in [0.2, 0.25) is 0 Å². The Morgan fingerprint density at radius 2 is 1.95 bits per heavy atom. The summed E-state index contributed by atoms with van der Waals surface area (Å²) in [5.74, 6) is 1.82. The third kappa shape index (κ3) is 2.33. The molecule has 1 saturated heterocycles. The minimum Gasteiger partial charge on any atom is -0.485 e. The molecule has 2 aliphatic rings. The van der Waals surface area contributed by atoms with Gasteiger partial charge in [0, 0.05) is 26.2 Å². The monoisotopic (exact) mass is 276 g/mol. The van der Waals surface area contributed by atoms with Gasteiger partial charge in [0.1, 0.15) is 12.2 Å². The van der Waals surface area contributed by atoms with Crippen molar-refractivity contribution in [2.75, 3.05) is 37.7 Å². The van der Waals surface area contributed by atoms with Crippen LogP contribution >= 0.6 is 0 Å². The van der Waals surface area contributed by atoms with Gasteiger partial charge in [-0.1, -0.05) is 19.9 Å². The van der Waals surface area contributed by atoms with Gasteiger partial charge >= 0.3 is 0 Å². The average Bonchev–Trinajstić information content (AvgIpc) is 2.54. The molecule has 3 rings (SSSR count). The van der Waals surface area contributed by atoms with Crippen molar-refractivity contribution >= 4 is 5.69 Å². The highest BCUT2D eigenvalue weighted by Crippen LogP contribution is 2.44. The molecule has 0 unspecified atom stereocenters. The molecule has 0 saturated carbocycles. The first-order valence-corrected chi connectivity index (χ1v) is 7.68. The van der Waals surface area contributed by atoms with E-state index in [4.69, 9.17) is 9.47 Å². The Morgan fingerprint density at radius 3 is 2.65 bits per heavy atom. The number of nitrogens with one attached hydrogen (secondary N) is 1. The van der Waals surface area contributed by atoms with E-state index in [1.54, 1.807) is 0 Å². The van der Waals surface area contributed by atoms with Crippen molar-refractivity contribution in [3.8, 4) is 11.5 Å². The van der Waals surface area contributed by atoms with E-state index in [2.05, 4.69) is 36.2 Å². The van der Waals surface area contributed by atoms with Crippen LogP contribution in [0.5, 0.6) is 11.5 Å². The second kappa shape index (κ2) is 5.52. The first kappa shape index (κ1) is 13.6. The number of nitrogens with zero attached hydrogens (tertiary/aromatic N) is 1. The maximum absolute atomic E-state index is 6.42. The number of hydrogen-bond donors (Lipinski definition) is 1. The third-order valence-electron chi connectivity index (χ3n) is 4.51. The van der Waals surface area contributed by atoms with E-state index in [9.17, 15) is 0 Å². The van der Waals surface area contributed by atoms with Crippen LogP contribution in [0.15, 0.2) is 18.2 Å². The molecule has 20 heavy (non-hydrogen) atoms. The van der Waals surface area contributed by atoms with Crippen LogP contribution in [0.25, 0.3) is 0 Å². The van der Waals surface area contributed by atoms with Crippen LogP contribution in [0.3, 0.4) is 0 Å². The van der Waals surface area contributed by atoms with E-state index < -0.39 is 0 Å². The van der Waals surface area contributed by atoms with Gasteiger partial charge < -0.3 is 19.7 Å². The van der Waals surface area contributed by atoms with Gasteiger partial charge in [0.05, 0.1) is 5.69 Å². The number of ether oxygens (including phenoxy) is 2. The largest absolute Gasteiger partial charge is 0.485 e. The maximum atomic E-state index is 6.42. The molecule has 4 heteroatoms. The first-order valence-electron chi connectivity index (χ1n) is 7.68. The van der Waals surface area contributed by atoms with Gasteiger partial charge in [-0.2, -0.15) is 0 Å². The third-order valence-corrected chi connectivity index (χ3v) is 4.51. The van der Waals surface area contributed by atoms with Crippen molar-refractivity contribution in [3.05, 3.63) is 18.2 Å². The summed E-state index contributed by atoms with van der Waals surface area (Å²) < 4.78 is 12.4. The summed E-state index contributed by atoms with van der Waals surface area (Å²) >= 11 is 0. The Hall–Kier alpha value is -1.42. The molecule has 0 bridgehead atoms. The van der Waals surface area contributed by atoms with Gasteiger partial charge in [0.15, 0.2) is 11.5 Å². The number of anilines is 1. The number of hydrogen-bond acceptors (Lipinski definition) is 4. The Labute approximate surface area is 121 Å². The maximum Gasteiger partial charge on any atom is 0.185 e. The fraction of sp³-hybridized carbons (Fsp3) is 0.625. The van der Waals surface area contributed by atoms with E-state index in [1.165, 1.54) is 5.69 Å². The molecule has 0 aliphatic carbocycles. The Balaban J connectivity index is 1.93. The molecule has 1 aromatic rings. The van der Waals surface area contributed by atoms with Crippen molar-refractivity contribution < 1.29 is 9.47 Å². The van der Waals surface area contributed by atoms with Gasteiger partial charge in [-0.25, -0.2) is 0 Å². The van der Waals surface area contributed by atoms with E-state index in [0.717, 1.165) is 50.5 Å². The molecule has 0 spiro atoms. The van der Waals surface area contributed by atoms with Crippen LogP contribution in [0.2, 0.25) is 0 Å². The number of fused-ring (bicyclic) bond motifs is 1. The molecule has 1 aromatic carbocycles. The molecular weight excluding hydrogens is 252 g/mol. The van der Waals surface area contributed by atoms with Gasteiger partial charge in [-0.15, -0.1) is 0 Å². The van der Waals surface area contributed by atoms with Gasteiger partial charge in [-0.3, -0.25) is 0 Å². The van der Waals surface area contributed by atoms with Gasteiger partial charge in [-0.05, 0) is 25.0 Å². The lowest BCUT2D eigenvalue weighted by Crippen LogP contribution is -2.46. The van der Waals surface area contributed by atoms with Crippen molar-refractivity contribution in [1.29, 1.82) is 0 Å². The minimum atomic E-state index is -0.170. The molecule has 1 N–H and O–H groups in total. The normalized spacial score (nSPS) is 20.8. The fourth-order valence-electron chi connectivity index (χ4n) is 2.93. The van der Waals surface area contributed by atoms with E-state index in [-0.39, 0.29) is 5.60 Å². The molecular formula is C16H24N2O2. The lowest BCUT2D eigenvalue weighted by molar-refractivity contribution is -0.0140. The van der Waals surface area contributed by atoms with Crippen LogP contribution in [0.4, 0.5) is 5.69 Å². The van der Waals surface area contributed by atoms with Crippen LogP contribution in [0, 0.1) is 0 Å². The summed E-state index contributed by atoms with van der Waals surface area (Å²) in [6.07, 6.45) is 1.94. The minimum absolute atomic E-state index is 0.170. The molecule has 2 heterocycles. The molecule has 110 valence electrons. The second-order valence-corrected chi connectivity index (χ2v) is 5.62. The summed E-state index contributed by atoms with van der Waals surface area (Å²) in [6, 6.07) is 6.22. The second-order valence-electron chi connectivity index (χ2n) is 5.62. The highest BCUT2D eigenvalue weighted by atomic mass is 16.6. The zero-order chi connectivity index (χ0) is 14.0.